The highest BCUT2D eigenvalue weighted by Crippen LogP contribution is 2.15. The van der Waals surface area contributed by atoms with Gasteiger partial charge in [0.05, 0.1) is 12.1 Å². The van der Waals surface area contributed by atoms with Crippen molar-refractivity contribution in [1.29, 1.82) is 0 Å². The number of aromatic nitrogens is 2. The van der Waals surface area contributed by atoms with Gasteiger partial charge in [0.15, 0.2) is 0 Å². The largest absolute Gasteiger partial charge is 0.481 e. The molecule has 0 fully saturated rings. The van der Waals surface area contributed by atoms with E-state index in [9.17, 15) is 4.79 Å². The average Bonchev–Trinajstić information content (AvgIpc) is 2.85. The smallest absolute Gasteiger partial charge is 0.303 e. The van der Waals surface area contributed by atoms with Gasteiger partial charge in [0, 0.05) is 12.6 Å². The van der Waals surface area contributed by atoms with Crippen LogP contribution < -0.4 is 0 Å². The summed E-state index contributed by atoms with van der Waals surface area (Å²) in [4.78, 5) is 14.5. The van der Waals surface area contributed by atoms with E-state index in [1.807, 2.05) is 28.3 Å². The lowest BCUT2D eigenvalue weighted by Crippen LogP contribution is -1.97. The van der Waals surface area contributed by atoms with Crippen molar-refractivity contribution in [3.8, 4) is 5.00 Å². The maximum absolute atomic E-state index is 10.4. The number of thiophene rings is 1. The highest BCUT2D eigenvalue weighted by Gasteiger charge is 2.03. The molecule has 2 rings (SSSR count). The normalized spacial score (nSPS) is 10.4. The molecule has 2 aromatic heterocycles. The molecule has 0 aliphatic heterocycles. The van der Waals surface area contributed by atoms with E-state index in [0.29, 0.717) is 6.42 Å². The third-order valence-corrected chi connectivity index (χ3v) is 2.87. The van der Waals surface area contributed by atoms with E-state index in [1.54, 1.807) is 17.7 Å². The molecular weight excluding hydrogens is 212 g/mol. The number of hydrogen-bond acceptors (Lipinski definition) is 3. The van der Waals surface area contributed by atoms with Crippen LogP contribution in [-0.2, 0) is 11.2 Å². The monoisotopic (exact) mass is 222 g/mol. The van der Waals surface area contributed by atoms with E-state index in [2.05, 4.69) is 4.98 Å². The molecule has 0 radical (unpaired) electrons. The third kappa shape index (κ3) is 2.44. The number of nitrogens with zero attached hydrogens (tertiary/aromatic N) is 2. The van der Waals surface area contributed by atoms with Crippen molar-refractivity contribution >= 4 is 17.3 Å². The first-order valence-corrected chi connectivity index (χ1v) is 5.42. The van der Waals surface area contributed by atoms with E-state index >= 15 is 0 Å². The van der Waals surface area contributed by atoms with Gasteiger partial charge in [-0.3, -0.25) is 9.36 Å². The third-order valence-electron chi connectivity index (χ3n) is 1.99. The van der Waals surface area contributed by atoms with Crippen LogP contribution in [-0.4, -0.2) is 20.6 Å². The van der Waals surface area contributed by atoms with Gasteiger partial charge >= 0.3 is 5.97 Å². The van der Waals surface area contributed by atoms with Crippen LogP contribution in [0.15, 0.2) is 30.0 Å². The highest BCUT2D eigenvalue weighted by atomic mass is 32.1. The van der Waals surface area contributed by atoms with Crippen molar-refractivity contribution in [3.63, 3.8) is 0 Å². The predicted octanol–water partition coefficient (Wildman–Crippen LogP) is 1.95. The summed E-state index contributed by atoms with van der Waals surface area (Å²) in [6.07, 6.45) is 4.19. The summed E-state index contributed by atoms with van der Waals surface area (Å²) in [5.74, 6) is -0.791. The Kier molecular flexibility index (Phi) is 2.82. The minimum atomic E-state index is -0.791. The fraction of sp³-hybridized carbons (Fsp3) is 0.200. The van der Waals surface area contributed by atoms with Crippen molar-refractivity contribution in [2.45, 2.75) is 12.8 Å². The zero-order valence-corrected chi connectivity index (χ0v) is 8.78. The molecule has 2 aromatic rings. The molecule has 1 N–H and O–H groups in total. The number of imidazole rings is 1. The highest BCUT2D eigenvalue weighted by molar-refractivity contribution is 7.12. The van der Waals surface area contributed by atoms with Gasteiger partial charge in [-0.05, 0) is 17.5 Å². The molecule has 0 unspecified atom stereocenters. The van der Waals surface area contributed by atoms with E-state index < -0.39 is 5.97 Å². The second-order valence-corrected chi connectivity index (χ2v) is 4.04. The van der Waals surface area contributed by atoms with Crippen LogP contribution in [0, 0.1) is 0 Å². The van der Waals surface area contributed by atoms with E-state index in [1.165, 1.54) is 0 Å². The first-order chi connectivity index (χ1) is 7.25. The number of aliphatic carboxylic acids is 1. The van der Waals surface area contributed by atoms with Gasteiger partial charge in [-0.2, -0.15) is 0 Å². The van der Waals surface area contributed by atoms with Crippen LogP contribution in [0.1, 0.15) is 12.1 Å². The van der Waals surface area contributed by atoms with Gasteiger partial charge in [-0.1, -0.05) is 0 Å². The number of carboxylic acids is 1. The molecule has 0 saturated carbocycles. The zero-order chi connectivity index (χ0) is 10.7. The van der Waals surface area contributed by atoms with E-state index in [0.717, 1.165) is 10.7 Å². The summed E-state index contributed by atoms with van der Waals surface area (Å²) in [5, 5.41) is 11.6. The lowest BCUT2D eigenvalue weighted by molar-refractivity contribution is -0.136. The molecular formula is C10H10N2O2S. The lowest BCUT2D eigenvalue weighted by atomic mass is 10.2. The van der Waals surface area contributed by atoms with Crippen molar-refractivity contribution in [2.75, 3.05) is 0 Å². The SMILES string of the molecule is O=C(O)CCc1cn(-c2cccs2)cn1. The summed E-state index contributed by atoms with van der Waals surface area (Å²) >= 11 is 1.62. The summed E-state index contributed by atoms with van der Waals surface area (Å²) in [6.45, 7) is 0. The molecule has 2 heterocycles. The molecule has 0 atom stereocenters. The van der Waals surface area contributed by atoms with Crippen LogP contribution >= 0.6 is 11.3 Å². The second kappa shape index (κ2) is 4.27. The Labute approximate surface area is 90.8 Å². The standard InChI is InChI=1S/C10H10N2O2S/c13-10(14)4-3-8-6-12(7-11-8)9-2-1-5-15-9/h1-2,5-7H,3-4H2,(H,13,14). The first kappa shape index (κ1) is 9.92. The topological polar surface area (TPSA) is 55.1 Å². The van der Waals surface area contributed by atoms with Gasteiger partial charge in [0.2, 0.25) is 0 Å². The fourth-order valence-electron chi connectivity index (χ4n) is 1.27. The Morgan fingerprint density at radius 1 is 1.60 bits per heavy atom. The molecule has 15 heavy (non-hydrogen) atoms. The number of carboxylic acid groups (broad SMARTS) is 1. The second-order valence-electron chi connectivity index (χ2n) is 3.12. The minimum absolute atomic E-state index is 0.126. The van der Waals surface area contributed by atoms with Gasteiger partial charge < -0.3 is 5.11 Å². The lowest BCUT2D eigenvalue weighted by Gasteiger charge is -1.94. The molecule has 0 aliphatic rings. The molecule has 0 bridgehead atoms. The maximum atomic E-state index is 10.4. The first-order valence-electron chi connectivity index (χ1n) is 4.54. The van der Waals surface area contributed by atoms with Crippen molar-refractivity contribution in [2.24, 2.45) is 0 Å². The number of hydrogen-bond donors (Lipinski definition) is 1. The van der Waals surface area contributed by atoms with Gasteiger partial charge in [-0.15, -0.1) is 11.3 Å². The Morgan fingerprint density at radius 3 is 3.13 bits per heavy atom. The Morgan fingerprint density at radius 2 is 2.47 bits per heavy atom. The molecule has 78 valence electrons. The van der Waals surface area contributed by atoms with Crippen molar-refractivity contribution in [3.05, 3.63) is 35.7 Å². The summed E-state index contributed by atoms with van der Waals surface area (Å²) in [5.41, 5.74) is 0.811. The summed E-state index contributed by atoms with van der Waals surface area (Å²) in [6, 6.07) is 3.96. The molecule has 4 nitrogen and oxygen atoms in total. The maximum Gasteiger partial charge on any atom is 0.303 e. The Balaban J connectivity index is 2.08. The van der Waals surface area contributed by atoms with Gasteiger partial charge in [0.1, 0.15) is 11.3 Å². The van der Waals surface area contributed by atoms with Crippen molar-refractivity contribution < 1.29 is 9.90 Å². The molecule has 0 aromatic carbocycles. The number of aryl methyl sites for hydroxylation is 1. The molecule has 5 heteroatoms. The molecule has 0 amide bonds. The summed E-state index contributed by atoms with van der Waals surface area (Å²) in [7, 11) is 0. The van der Waals surface area contributed by atoms with Crippen molar-refractivity contribution in [1.82, 2.24) is 9.55 Å². The Hall–Kier alpha value is -1.62. The van der Waals surface area contributed by atoms with Gasteiger partial charge in [0.25, 0.3) is 0 Å². The molecule has 0 spiro atoms. The Bertz CT molecular complexity index is 448. The van der Waals surface area contributed by atoms with Crippen LogP contribution in [0.5, 0.6) is 0 Å². The number of rotatable bonds is 4. The van der Waals surface area contributed by atoms with Crippen LogP contribution in [0.2, 0.25) is 0 Å². The van der Waals surface area contributed by atoms with E-state index in [4.69, 9.17) is 5.11 Å². The van der Waals surface area contributed by atoms with Crippen LogP contribution in [0.3, 0.4) is 0 Å². The average molecular weight is 222 g/mol. The zero-order valence-electron chi connectivity index (χ0n) is 7.96. The van der Waals surface area contributed by atoms with E-state index in [-0.39, 0.29) is 6.42 Å². The molecule has 0 saturated heterocycles. The predicted molar refractivity (Wildman–Crippen MR) is 57.4 cm³/mol. The number of carbonyl (C=O) groups is 1. The quantitative estimate of drug-likeness (QED) is 0.860. The fourth-order valence-corrected chi connectivity index (χ4v) is 1.94. The minimum Gasteiger partial charge on any atom is -0.481 e. The van der Waals surface area contributed by atoms with Crippen LogP contribution in [0.4, 0.5) is 0 Å². The van der Waals surface area contributed by atoms with Crippen LogP contribution in [0.25, 0.3) is 5.00 Å². The summed E-state index contributed by atoms with van der Waals surface area (Å²) < 4.78 is 1.90. The molecule has 0 aliphatic carbocycles. The van der Waals surface area contributed by atoms with Gasteiger partial charge in [-0.25, -0.2) is 4.98 Å².